The van der Waals surface area contributed by atoms with Crippen molar-refractivity contribution in [3.63, 3.8) is 0 Å². The molecule has 0 radical (unpaired) electrons. The molecule has 0 aliphatic rings. The van der Waals surface area contributed by atoms with E-state index in [-0.39, 0.29) is 17.5 Å². The molecule has 0 heterocycles. The molecule has 0 aromatic heterocycles. The summed E-state index contributed by atoms with van der Waals surface area (Å²) in [5.74, 6) is -0.387. The second-order valence-electron chi connectivity index (χ2n) is 4.79. The van der Waals surface area contributed by atoms with Gasteiger partial charge >= 0.3 is 0 Å². The minimum atomic E-state index is -0.774. The Morgan fingerprint density at radius 1 is 1.29 bits per heavy atom. The minimum Gasteiger partial charge on any atom is -0.454 e. The first kappa shape index (κ1) is 14.9. The summed E-state index contributed by atoms with van der Waals surface area (Å²) in [7, 11) is 0. The molecule has 1 atom stereocenters. The van der Waals surface area contributed by atoms with Crippen LogP contribution in [0.4, 0.5) is 10.1 Å². The number of hydrogen-bond donors (Lipinski definition) is 1. The molecule has 2 aromatic carbocycles. The number of benzene rings is 2. The molecule has 0 aliphatic heterocycles. The maximum Gasteiger partial charge on any atom is 0.275 e. The van der Waals surface area contributed by atoms with Crippen molar-refractivity contribution in [1.82, 2.24) is 0 Å². The van der Waals surface area contributed by atoms with Gasteiger partial charge in [-0.15, -0.1) is 0 Å². The molecular formula is C15H15FN2O3. The lowest BCUT2D eigenvalue weighted by molar-refractivity contribution is -0.385. The molecule has 0 saturated heterocycles. The molecule has 6 heteroatoms. The van der Waals surface area contributed by atoms with E-state index >= 15 is 0 Å². The van der Waals surface area contributed by atoms with Gasteiger partial charge in [0.05, 0.1) is 11.0 Å². The summed E-state index contributed by atoms with van der Waals surface area (Å²) in [4.78, 5) is 10.1. The number of halogens is 1. The van der Waals surface area contributed by atoms with E-state index in [2.05, 4.69) is 0 Å². The molecule has 0 spiro atoms. The van der Waals surface area contributed by atoms with E-state index in [9.17, 15) is 14.5 Å². The van der Waals surface area contributed by atoms with Crippen molar-refractivity contribution in [3.05, 3.63) is 63.5 Å². The summed E-state index contributed by atoms with van der Waals surface area (Å²) in [5.41, 5.74) is 6.74. The van der Waals surface area contributed by atoms with Crippen molar-refractivity contribution in [2.24, 2.45) is 5.73 Å². The second-order valence-corrected chi connectivity index (χ2v) is 4.79. The molecule has 0 amide bonds. The van der Waals surface area contributed by atoms with E-state index in [4.69, 9.17) is 10.5 Å². The van der Waals surface area contributed by atoms with Gasteiger partial charge < -0.3 is 10.5 Å². The molecule has 0 aliphatic carbocycles. The van der Waals surface area contributed by atoms with Crippen LogP contribution in [0.5, 0.6) is 11.5 Å². The summed E-state index contributed by atoms with van der Waals surface area (Å²) in [5, 5.41) is 10.7. The fraction of sp³-hybridized carbons (Fsp3) is 0.200. The van der Waals surface area contributed by atoms with Gasteiger partial charge in [0, 0.05) is 11.6 Å². The van der Waals surface area contributed by atoms with Crippen LogP contribution < -0.4 is 10.5 Å². The van der Waals surface area contributed by atoms with Crippen LogP contribution in [0, 0.1) is 22.9 Å². The molecule has 2 N–H and O–H groups in total. The Balaban J connectivity index is 2.27. The van der Waals surface area contributed by atoms with E-state index < -0.39 is 10.7 Å². The number of nitrogens with zero attached hydrogens (tertiary/aromatic N) is 1. The highest BCUT2D eigenvalue weighted by Gasteiger charge is 2.16. The van der Waals surface area contributed by atoms with Crippen LogP contribution in [0.25, 0.3) is 0 Å². The van der Waals surface area contributed by atoms with Gasteiger partial charge in [-0.25, -0.2) is 4.39 Å². The molecule has 0 unspecified atom stereocenters. The summed E-state index contributed by atoms with van der Waals surface area (Å²) in [6.45, 7) is 3.39. The highest BCUT2D eigenvalue weighted by molar-refractivity contribution is 5.46. The van der Waals surface area contributed by atoms with E-state index in [1.54, 1.807) is 24.3 Å². The average Bonchev–Trinajstić information content (AvgIpc) is 2.42. The Kier molecular flexibility index (Phi) is 4.18. The number of nitrogens with two attached hydrogens (primary N) is 1. The van der Waals surface area contributed by atoms with Gasteiger partial charge in [-0.1, -0.05) is 12.1 Å². The van der Waals surface area contributed by atoms with Crippen LogP contribution in [0.1, 0.15) is 24.1 Å². The second kappa shape index (κ2) is 5.88. The Bertz CT molecular complexity index is 669. The lowest BCUT2D eigenvalue weighted by atomic mass is 10.1. The molecule has 0 saturated carbocycles. The van der Waals surface area contributed by atoms with E-state index in [1.807, 2.05) is 6.92 Å². The van der Waals surface area contributed by atoms with E-state index in [0.717, 1.165) is 11.6 Å². The smallest absolute Gasteiger partial charge is 0.275 e. The zero-order valence-electron chi connectivity index (χ0n) is 11.7. The Morgan fingerprint density at radius 3 is 2.43 bits per heavy atom. The maximum absolute atomic E-state index is 13.8. The third-order valence-corrected chi connectivity index (χ3v) is 3.08. The zero-order chi connectivity index (χ0) is 15.6. The summed E-state index contributed by atoms with van der Waals surface area (Å²) in [6, 6.07) is 9.00. The number of nitro benzene ring substituents is 1. The lowest BCUT2D eigenvalue weighted by Crippen LogP contribution is -2.04. The molecule has 21 heavy (non-hydrogen) atoms. The van der Waals surface area contributed by atoms with Crippen LogP contribution in [-0.4, -0.2) is 4.92 Å². The largest absolute Gasteiger partial charge is 0.454 e. The van der Waals surface area contributed by atoms with Crippen LogP contribution in [0.3, 0.4) is 0 Å². The molecule has 2 aromatic rings. The van der Waals surface area contributed by atoms with Gasteiger partial charge in [0.1, 0.15) is 5.75 Å². The number of rotatable bonds is 4. The monoisotopic (exact) mass is 290 g/mol. The van der Waals surface area contributed by atoms with Gasteiger partial charge in [0.2, 0.25) is 0 Å². The highest BCUT2D eigenvalue weighted by atomic mass is 19.1. The number of ether oxygens (including phenoxy) is 1. The summed E-state index contributed by atoms with van der Waals surface area (Å²) < 4.78 is 19.3. The highest BCUT2D eigenvalue weighted by Crippen LogP contribution is 2.30. The van der Waals surface area contributed by atoms with Crippen LogP contribution >= 0.6 is 0 Å². The van der Waals surface area contributed by atoms with Gasteiger partial charge in [0.25, 0.3) is 5.69 Å². The Labute approximate surface area is 121 Å². The van der Waals surface area contributed by atoms with Crippen molar-refractivity contribution in [2.45, 2.75) is 19.9 Å². The van der Waals surface area contributed by atoms with Crippen molar-refractivity contribution >= 4 is 5.69 Å². The minimum absolute atomic E-state index is 0.0494. The standard InChI is InChI=1S/C15H15FN2O3/c1-9-7-15(13(16)8-14(9)18(19)20)21-12-5-3-11(4-6-12)10(2)17/h3-8,10H,17H2,1-2H3/t10-/m1/s1. The Hall–Kier alpha value is -2.47. The first-order valence-corrected chi connectivity index (χ1v) is 6.36. The fourth-order valence-corrected chi connectivity index (χ4v) is 1.89. The SMILES string of the molecule is Cc1cc(Oc2ccc([C@@H](C)N)cc2)c(F)cc1[N+](=O)[O-]. The summed E-state index contributed by atoms with van der Waals surface area (Å²) in [6.07, 6.45) is 0. The number of hydrogen-bond acceptors (Lipinski definition) is 4. The van der Waals surface area contributed by atoms with Gasteiger partial charge in [-0.3, -0.25) is 10.1 Å². The predicted octanol–water partition coefficient (Wildman–Crippen LogP) is 3.85. The molecule has 110 valence electrons. The number of aryl methyl sites for hydroxylation is 1. The normalized spacial score (nSPS) is 12.0. The zero-order valence-corrected chi connectivity index (χ0v) is 11.7. The molecule has 2 rings (SSSR count). The molecular weight excluding hydrogens is 275 g/mol. The van der Waals surface area contributed by atoms with Crippen LogP contribution in [0.15, 0.2) is 36.4 Å². The van der Waals surface area contributed by atoms with Crippen molar-refractivity contribution in [1.29, 1.82) is 0 Å². The first-order chi connectivity index (χ1) is 9.88. The first-order valence-electron chi connectivity index (χ1n) is 6.36. The third kappa shape index (κ3) is 3.35. The summed E-state index contributed by atoms with van der Waals surface area (Å²) >= 11 is 0. The third-order valence-electron chi connectivity index (χ3n) is 3.08. The fourth-order valence-electron chi connectivity index (χ4n) is 1.89. The Morgan fingerprint density at radius 2 is 1.90 bits per heavy atom. The number of nitro groups is 1. The average molecular weight is 290 g/mol. The molecule has 5 nitrogen and oxygen atoms in total. The van der Waals surface area contributed by atoms with Gasteiger partial charge in [-0.05, 0) is 37.6 Å². The van der Waals surface area contributed by atoms with Crippen molar-refractivity contribution < 1.29 is 14.1 Å². The van der Waals surface area contributed by atoms with Crippen molar-refractivity contribution in [2.75, 3.05) is 0 Å². The van der Waals surface area contributed by atoms with Gasteiger partial charge in [0.15, 0.2) is 11.6 Å². The quantitative estimate of drug-likeness (QED) is 0.685. The van der Waals surface area contributed by atoms with Crippen LogP contribution in [-0.2, 0) is 0 Å². The predicted molar refractivity (Wildman–Crippen MR) is 76.9 cm³/mol. The van der Waals surface area contributed by atoms with Crippen molar-refractivity contribution in [3.8, 4) is 11.5 Å². The maximum atomic E-state index is 13.8. The van der Waals surface area contributed by atoms with Crippen LogP contribution in [0.2, 0.25) is 0 Å². The van der Waals surface area contributed by atoms with E-state index in [1.165, 1.54) is 13.0 Å². The van der Waals surface area contributed by atoms with Gasteiger partial charge in [-0.2, -0.15) is 0 Å². The molecule has 0 fully saturated rings. The lowest BCUT2D eigenvalue weighted by Gasteiger charge is -2.10. The van der Waals surface area contributed by atoms with E-state index in [0.29, 0.717) is 11.3 Å². The molecule has 0 bridgehead atoms. The topological polar surface area (TPSA) is 78.4 Å².